The standard InChI is InChI=1S/C12H14O2/c1-8(12(13)14)10-6-5-9-3-2-4-11(9)7-10/h5-8H,2-4H2,1H3,(H,13,14). The Morgan fingerprint density at radius 2 is 2.07 bits per heavy atom. The van der Waals surface area contributed by atoms with Gasteiger partial charge in [0.2, 0.25) is 0 Å². The van der Waals surface area contributed by atoms with E-state index in [2.05, 4.69) is 12.1 Å². The molecule has 2 nitrogen and oxygen atoms in total. The Morgan fingerprint density at radius 1 is 1.36 bits per heavy atom. The van der Waals surface area contributed by atoms with E-state index in [1.54, 1.807) is 6.92 Å². The van der Waals surface area contributed by atoms with E-state index in [1.165, 1.54) is 17.5 Å². The summed E-state index contributed by atoms with van der Waals surface area (Å²) in [6.07, 6.45) is 3.47. The molecule has 1 atom stereocenters. The average molecular weight is 190 g/mol. The summed E-state index contributed by atoms with van der Waals surface area (Å²) in [5.41, 5.74) is 3.67. The van der Waals surface area contributed by atoms with Crippen LogP contribution in [0.1, 0.15) is 36.0 Å². The van der Waals surface area contributed by atoms with Gasteiger partial charge in [0.05, 0.1) is 5.92 Å². The van der Waals surface area contributed by atoms with Crippen molar-refractivity contribution in [3.63, 3.8) is 0 Å². The number of carbonyl (C=O) groups is 1. The van der Waals surface area contributed by atoms with E-state index in [0.717, 1.165) is 18.4 Å². The maximum Gasteiger partial charge on any atom is 0.310 e. The second-order valence-corrected chi connectivity index (χ2v) is 3.94. The zero-order valence-corrected chi connectivity index (χ0v) is 8.29. The van der Waals surface area contributed by atoms with Gasteiger partial charge in [-0.05, 0) is 42.9 Å². The van der Waals surface area contributed by atoms with Crippen LogP contribution in [0.2, 0.25) is 0 Å². The van der Waals surface area contributed by atoms with Crippen LogP contribution >= 0.6 is 0 Å². The summed E-state index contributed by atoms with van der Waals surface area (Å²) in [4.78, 5) is 10.8. The maximum atomic E-state index is 10.8. The van der Waals surface area contributed by atoms with Crippen molar-refractivity contribution in [1.82, 2.24) is 0 Å². The molecule has 2 rings (SSSR count). The summed E-state index contributed by atoms with van der Waals surface area (Å²) in [6.45, 7) is 1.74. The number of carboxylic acid groups (broad SMARTS) is 1. The molecule has 1 unspecified atom stereocenters. The Morgan fingerprint density at radius 3 is 2.79 bits per heavy atom. The molecule has 2 heteroatoms. The summed E-state index contributed by atoms with van der Waals surface area (Å²) in [6, 6.07) is 6.08. The first kappa shape index (κ1) is 9.25. The van der Waals surface area contributed by atoms with Gasteiger partial charge < -0.3 is 5.11 Å². The molecule has 0 heterocycles. The molecule has 14 heavy (non-hydrogen) atoms. The summed E-state index contributed by atoms with van der Waals surface area (Å²) in [7, 11) is 0. The molecule has 1 N–H and O–H groups in total. The maximum absolute atomic E-state index is 10.8. The van der Waals surface area contributed by atoms with E-state index in [0.29, 0.717) is 0 Å². The van der Waals surface area contributed by atoms with Gasteiger partial charge in [-0.25, -0.2) is 0 Å². The highest BCUT2D eigenvalue weighted by molar-refractivity contribution is 5.75. The molecule has 1 aliphatic carbocycles. The summed E-state index contributed by atoms with van der Waals surface area (Å²) >= 11 is 0. The monoisotopic (exact) mass is 190 g/mol. The number of aliphatic carboxylic acids is 1. The molecule has 0 fully saturated rings. The smallest absolute Gasteiger partial charge is 0.310 e. The van der Waals surface area contributed by atoms with E-state index in [-0.39, 0.29) is 5.92 Å². The number of carboxylic acids is 1. The van der Waals surface area contributed by atoms with Crippen LogP contribution in [0, 0.1) is 0 Å². The topological polar surface area (TPSA) is 37.3 Å². The van der Waals surface area contributed by atoms with Gasteiger partial charge in [-0.1, -0.05) is 18.2 Å². The lowest BCUT2D eigenvalue weighted by atomic mass is 9.97. The molecule has 1 aliphatic rings. The third-order valence-electron chi connectivity index (χ3n) is 2.99. The van der Waals surface area contributed by atoms with E-state index >= 15 is 0 Å². The van der Waals surface area contributed by atoms with Crippen LogP contribution in [-0.2, 0) is 17.6 Å². The molecular formula is C12H14O2. The van der Waals surface area contributed by atoms with Gasteiger partial charge in [-0.15, -0.1) is 0 Å². The largest absolute Gasteiger partial charge is 0.481 e. The fraction of sp³-hybridized carbons (Fsp3) is 0.417. The third kappa shape index (κ3) is 1.52. The summed E-state index contributed by atoms with van der Waals surface area (Å²) in [5.74, 6) is -1.14. The highest BCUT2D eigenvalue weighted by atomic mass is 16.4. The van der Waals surface area contributed by atoms with Gasteiger partial charge in [0.25, 0.3) is 0 Å². The Kier molecular flexibility index (Phi) is 2.28. The van der Waals surface area contributed by atoms with Crippen molar-refractivity contribution < 1.29 is 9.90 Å². The number of rotatable bonds is 2. The normalized spacial score (nSPS) is 16.4. The lowest BCUT2D eigenvalue weighted by Gasteiger charge is -2.08. The first-order valence-electron chi connectivity index (χ1n) is 5.03. The molecule has 0 aliphatic heterocycles. The predicted molar refractivity (Wildman–Crippen MR) is 54.5 cm³/mol. The van der Waals surface area contributed by atoms with Crippen molar-refractivity contribution in [3.8, 4) is 0 Å². The van der Waals surface area contributed by atoms with Gasteiger partial charge in [0, 0.05) is 0 Å². The van der Waals surface area contributed by atoms with Crippen molar-refractivity contribution in [2.24, 2.45) is 0 Å². The summed E-state index contributed by atoms with van der Waals surface area (Å²) in [5, 5.41) is 8.88. The molecule has 0 bridgehead atoms. The fourth-order valence-electron chi connectivity index (χ4n) is 2.00. The van der Waals surface area contributed by atoms with Crippen LogP contribution in [0.15, 0.2) is 18.2 Å². The molecular weight excluding hydrogens is 176 g/mol. The quantitative estimate of drug-likeness (QED) is 0.777. The zero-order chi connectivity index (χ0) is 10.1. The van der Waals surface area contributed by atoms with E-state index in [4.69, 9.17) is 5.11 Å². The van der Waals surface area contributed by atoms with Crippen LogP contribution in [0.4, 0.5) is 0 Å². The lowest BCUT2D eigenvalue weighted by molar-refractivity contribution is -0.138. The number of hydrogen-bond donors (Lipinski definition) is 1. The molecule has 0 amide bonds. The fourth-order valence-corrected chi connectivity index (χ4v) is 2.00. The SMILES string of the molecule is CC(C(=O)O)c1ccc2c(c1)CCC2. The number of benzene rings is 1. The number of fused-ring (bicyclic) bond motifs is 1. The van der Waals surface area contributed by atoms with E-state index < -0.39 is 5.97 Å². The Balaban J connectivity index is 2.33. The Labute approximate surface area is 83.6 Å². The molecule has 0 radical (unpaired) electrons. The molecule has 74 valence electrons. The molecule has 0 spiro atoms. The Bertz CT molecular complexity index is 369. The van der Waals surface area contributed by atoms with Gasteiger partial charge in [0.1, 0.15) is 0 Å². The molecule has 1 aromatic rings. The summed E-state index contributed by atoms with van der Waals surface area (Å²) < 4.78 is 0. The van der Waals surface area contributed by atoms with Gasteiger partial charge >= 0.3 is 5.97 Å². The Hall–Kier alpha value is -1.31. The second-order valence-electron chi connectivity index (χ2n) is 3.94. The third-order valence-corrected chi connectivity index (χ3v) is 2.99. The molecule has 0 saturated heterocycles. The van der Waals surface area contributed by atoms with E-state index in [1.807, 2.05) is 6.07 Å². The molecule has 1 aromatic carbocycles. The van der Waals surface area contributed by atoms with Crippen LogP contribution in [0.3, 0.4) is 0 Å². The van der Waals surface area contributed by atoms with Crippen molar-refractivity contribution in [2.75, 3.05) is 0 Å². The van der Waals surface area contributed by atoms with Crippen LogP contribution < -0.4 is 0 Å². The van der Waals surface area contributed by atoms with Crippen LogP contribution in [-0.4, -0.2) is 11.1 Å². The van der Waals surface area contributed by atoms with Crippen molar-refractivity contribution in [1.29, 1.82) is 0 Å². The van der Waals surface area contributed by atoms with Gasteiger partial charge in [-0.2, -0.15) is 0 Å². The van der Waals surface area contributed by atoms with Crippen molar-refractivity contribution in [3.05, 3.63) is 34.9 Å². The minimum absolute atomic E-state index is 0.388. The zero-order valence-electron chi connectivity index (χ0n) is 8.29. The number of aryl methyl sites for hydroxylation is 2. The van der Waals surface area contributed by atoms with Gasteiger partial charge in [0.15, 0.2) is 0 Å². The molecule has 0 saturated carbocycles. The molecule has 0 aromatic heterocycles. The van der Waals surface area contributed by atoms with Crippen LogP contribution in [0.5, 0.6) is 0 Å². The lowest BCUT2D eigenvalue weighted by Crippen LogP contribution is -2.07. The number of hydrogen-bond acceptors (Lipinski definition) is 1. The highest BCUT2D eigenvalue weighted by Crippen LogP contribution is 2.26. The van der Waals surface area contributed by atoms with Crippen molar-refractivity contribution >= 4 is 5.97 Å². The predicted octanol–water partition coefficient (Wildman–Crippen LogP) is 2.36. The average Bonchev–Trinajstić information content (AvgIpc) is 2.62. The van der Waals surface area contributed by atoms with Crippen LogP contribution in [0.25, 0.3) is 0 Å². The first-order chi connectivity index (χ1) is 6.68. The first-order valence-corrected chi connectivity index (χ1v) is 5.03. The van der Waals surface area contributed by atoms with Gasteiger partial charge in [-0.3, -0.25) is 4.79 Å². The highest BCUT2D eigenvalue weighted by Gasteiger charge is 2.17. The van der Waals surface area contributed by atoms with Crippen molar-refractivity contribution in [2.45, 2.75) is 32.1 Å². The van der Waals surface area contributed by atoms with E-state index in [9.17, 15) is 4.79 Å². The minimum Gasteiger partial charge on any atom is -0.481 e. The second kappa shape index (κ2) is 3.45. The minimum atomic E-state index is -0.747.